The normalized spacial score (nSPS) is 13.0. The number of sulfone groups is 1. The molecule has 0 fully saturated rings. The van der Waals surface area contributed by atoms with Crippen LogP contribution in [-0.2, 0) is 19.9 Å². The number of hydrogen-bond acceptors (Lipinski definition) is 5. The van der Waals surface area contributed by atoms with Gasteiger partial charge < -0.3 is 5.73 Å². The molecule has 6 nitrogen and oxygen atoms in total. The Morgan fingerprint density at radius 3 is 2.14 bits per heavy atom. The molecule has 3 N–H and O–H groups in total. The van der Waals surface area contributed by atoms with Gasteiger partial charge in [-0.05, 0) is 0 Å². The van der Waals surface area contributed by atoms with E-state index >= 15 is 0 Å². The molecule has 86 valence electrons. The smallest absolute Gasteiger partial charge is 0.212 e. The molecule has 0 unspecified atom stereocenters. The van der Waals surface area contributed by atoms with Crippen molar-refractivity contribution in [2.24, 2.45) is 5.73 Å². The number of nitrogens with one attached hydrogen (secondary N) is 1. The standard InChI is InChI=1S/C6H16N2O4S2/c1-2-13(9,10)6-4-8-14(11,12)5-3-7/h8H,2-7H2,1H3. The molecule has 0 aromatic rings. The first-order chi connectivity index (χ1) is 6.33. The maximum Gasteiger partial charge on any atom is 0.212 e. The fraction of sp³-hybridized carbons (Fsp3) is 1.00. The molecule has 0 atom stereocenters. The number of nitrogens with two attached hydrogens (primary N) is 1. The van der Waals surface area contributed by atoms with Crippen LogP contribution in [0.4, 0.5) is 0 Å². The molecule has 0 rings (SSSR count). The zero-order valence-corrected chi connectivity index (χ0v) is 9.70. The molecule has 0 aliphatic carbocycles. The Labute approximate surface area is 84.8 Å². The Hall–Kier alpha value is -0.180. The lowest BCUT2D eigenvalue weighted by atomic mass is 10.8. The van der Waals surface area contributed by atoms with E-state index in [1.165, 1.54) is 6.92 Å². The molecule has 0 aromatic heterocycles. The van der Waals surface area contributed by atoms with E-state index in [4.69, 9.17) is 5.73 Å². The van der Waals surface area contributed by atoms with Crippen LogP contribution in [0.25, 0.3) is 0 Å². The van der Waals surface area contributed by atoms with Gasteiger partial charge >= 0.3 is 0 Å². The molecule has 0 spiro atoms. The predicted molar refractivity (Wildman–Crippen MR) is 55.2 cm³/mol. The zero-order valence-electron chi connectivity index (χ0n) is 8.06. The lowest BCUT2D eigenvalue weighted by molar-refractivity contribution is 0.581. The summed E-state index contributed by atoms with van der Waals surface area (Å²) in [5, 5.41) is 0. The van der Waals surface area contributed by atoms with Crippen molar-refractivity contribution >= 4 is 19.9 Å². The van der Waals surface area contributed by atoms with Gasteiger partial charge in [0.05, 0.1) is 11.5 Å². The van der Waals surface area contributed by atoms with Crippen LogP contribution in [0, 0.1) is 0 Å². The third kappa shape index (κ3) is 6.30. The van der Waals surface area contributed by atoms with Gasteiger partial charge in [-0.25, -0.2) is 21.6 Å². The summed E-state index contributed by atoms with van der Waals surface area (Å²) in [5.41, 5.74) is 5.06. The second-order valence-corrected chi connectivity index (χ2v) is 7.14. The summed E-state index contributed by atoms with van der Waals surface area (Å²) in [6, 6.07) is 0. The zero-order chi connectivity index (χ0) is 11.2. The van der Waals surface area contributed by atoms with Crippen molar-refractivity contribution in [1.29, 1.82) is 0 Å². The van der Waals surface area contributed by atoms with E-state index < -0.39 is 19.9 Å². The van der Waals surface area contributed by atoms with Crippen molar-refractivity contribution in [3.8, 4) is 0 Å². The lowest BCUT2D eigenvalue weighted by Crippen LogP contribution is -2.33. The van der Waals surface area contributed by atoms with Crippen molar-refractivity contribution in [2.75, 3.05) is 30.3 Å². The number of rotatable bonds is 7. The number of hydrogen-bond donors (Lipinski definition) is 2. The van der Waals surface area contributed by atoms with Gasteiger partial charge in [-0.1, -0.05) is 6.92 Å². The molecule has 0 heterocycles. The largest absolute Gasteiger partial charge is 0.329 e. The SMILES string of the molecule is CCS(=O)(=O)CCNS(=O)(=O)CCN. The summed E-state index contributed by atoms with van der Waals surface area (Å²) < 4.78 is 46.2. The molecule has 0 aliphatic rings. The second kappa shape index (κ2) is 5.64. The summed E-state index contributed by atoms with van der Waals surface area (Å²) in [4.78, 5) is 0. The highest BCUT2D eigenvalue weighted by Crippen LogP contribution is 1.89. The van der Waals surface area contributed by atoms with Gasteiger partial charge in [-0.15, -0.1) is 0 Å². The topological polar surface area (TPSA) is 106 Å². The molecule has 0 radical (unpaired) electrons. The Bertz CT molecular complexity index is 346. The van der Waals surface area contributed by atoms with Crippen LogP contribution in [-0.4, -0.2) is 47.2 Å². The van der Waals surface area contributed by atoms with Crippen LogP contribution in [0.1, 0.15) is 6.92 Å². The third-order valence-electron chi connectivity index (χ3n) is 1.56. The highest BCUT2D eigenvalue weighted by Gasteiger charge is 2.11. The summed E-state index contributed by atoms with van der Waals surface area (Å²) in [5.74, 6) is -0.335. The predicted octanol–water partition coefficient (Wildman–Crippen LogP) is -1.70. The van der Waals surface area contributed by atoms with E-state index in [0.29, 0.717) is 0 Å². The quantitative estimate of drug-likeness (QED) is 0.555. The van der Waals surface area contributed by atoms with Gasteiger partial charge in [-0.3, -0.25) is 0 Å². The Kier molecular flexibility index (Phi) is 5.57. The first kappa shape index (κ1) is 13.8. The minimum Gasteiger partial charge on any atom is -0.329 e. The second-order valence-electron chi connectivity index (χ2n) is 2.74. The monoisotopic (exact) mass is 244 g/mol. The summed E-state index contributed by atoms with van der Waals surface area (Å²) in [6.07, 6.45) is 0. The van der Waals surface area contributed by atoms with Crippen molar-refractivity contribution in [3.05, 3.63) is 0 Å². The van der Waals surface area contributed by atoms with Crippen molar-refractivity contribution in [3.63, 3.8) is 0 Å². The van der Waals surface area contributed by atoms with Gasteiger partial charge in [0.2, 0.25) is 10.0 Å². The summed E-state index contributed by atoms with van der Waals surface area (Å²) in [6.45, 7) is 1.46. The van der Waals surface area contributed by atoms with Crippen LogP contribution >= 0.6 is 0 Å². The van der Waals surface area contributed by atoms with Crippen molar-refractivity contribution in [1.82, 2.24) is 4.72 Å². The van der Waals surface area contributed by atoms with Crippen LogP contribution < -0.4 is 10.5 Å². The minimum atomic E-state index is -3.40. The average molecular weight is 244 g/mol. The maximum atomic E-state index is 11.0. The lowest BCUT2D eigenvalue weighted by Gasteiger charge is -2.04. The fourth-order valence-corrected chi connectivity index (χ4v) is 2.42. The van der Waals surface area contributed by atoms with Crippen LogP contribution in [0.15, 0.2) is 0 Å². The van der Waals surface area contributed by atoms with E-state index in [1.807, 2.05) is 0 Å². The summed E-state index contributed by atoms with van der Waals surface area (Å²) in [7, 11) is -6.52. The van der Waals surface area contributed by atoms with Gasteiger partial charge in [0, 0.05) is 18.8 Å². The van der Waals surface area contributed by atoms with Crippen LogP contribution in [0.3, 0.4) is 0 Å². The van der Waals surface area contributed by atoms with Crippen molar-refractivity contribution in [2.45, 2.75) is 6.92 Å². The molecule has 0 saturated heterocycles. The van der Waals surface area contributed by atoms with Crippen molar-refractivity contribution < 1.29 is 16.8 Å². The first-order valence-electron chi connectivity index (χ1n) is 4.21. The van der Waals surface area contributed by atoms with E-state index in [2.05, 4.69) is 4.72 Å². The molecule has 0 aliphatic heterocycles. The number of sulfonamides is 1. The Balaban J connectivity index is 3.98. The minimum absolute atomic E-state index is 0.0195. The van der Waals surface area contributed by atoms with E-state index in [-0.39, 0.29) is 30.3 Å². The summed E-state index contributed by atoms with van der Waals surface area (Å²) >= 11 is 0. The maximum absolute atomic E-state index is 11.0. The molecule has 0 aromatic carbocycles. The van der Waals surface area contributed by atoms with E-state index in [9.17, 15) is 16.8 Å². The first-order valence-corrected chi connectivity index (χ1v) is 7.68. The van der Waals surface area contributed by atoms with Gasteiger partial charge in [0.25, 0.3) is 0 Å². The van der Waals surface area contributed by atoms with Crippen LogP contribution in [0.2, 0.25) is 0 Å². The molecule has 0 saturated carbocycles. The van der Waals surface area contributed by atoms with Crippen LogP contribution in [0.5, 0.6) is 0 Å². The van der Waals surface area contributed by atoms with E-state index in [1.54, 1.807) is 0 Å². The Morgan fingerprint density at radius 2 is 1.71 bits per heavy atom. The molecule has 14 heavy (non-hydrogen) atoms. The van der Waals surface area contributed by atoms with E-state index in [0.717, 1.165) is 0 Å². The molecule has 0 bridgehead atoms. The average Bonchev–Trinajstić information content (AvgIpc) is 2.03. The molecular weight excluding hydrogens is 228 g/mol. The van der Waals surface area contributed by atoms with Gasteiger partial charge in [0.1, 0.15) is 0 Å². The van der Waals surface area contributed by atoms with Gasteiger partial charge in [-0.2, -0.15) is 0 Å². The van der Waals surface area contributed by atoms with Gasteiger partial charge in [0.15, 0.2) is 9.84 Å². The third-order valence-corrected chi connectivity index (χ3v) is 4.68. The Morgan fingerprint density at radius 1 is 1.14 bits per heavy atom. The molecule has 8 heteroatoms. The highest BCUT2D eigenvalue weighted by atomic mass is 32.2. The fourth-order valence-electron chi connectivity index (χ4n) is 0.724. The molecule has 0 amide bonds. The highest BCUT2D eigenvalue weighted by molar-refractivity contribution is 7.91. The molecular formula is C6H16N2O4S2.